The zero-order chi connectivity index (χ0) is 17.5. The summed E-state index contributed by atoms with van der Waals surface area (Å²) in [6.45, 7) is 4.23. The van der Waals surface area contributed by atoms with E-state index in [1.165, 1.54) is 10.4 Å². The van der Waals surface area contributed by atoms with Gasteiger partial charge in [-0.25, -0.2) is 0 Å². The molecular formula is C20H25NO2S2. The van der Waals surface area contributed by atoms with Crippen molar-refractivity contribution in [3.63, 3.8) is 0 Å². The molecule has 2 unspecified atom stereocenters. The lowest BCUT2D eigenvalue weighted by Crippen LogP contribution is -2.40. The molecular weight excluding hydrogens is 350 g/mol. The quantitative estimate of drug-likeness (QED) is 0.676. The van der Waals surface area contributed by atoms with E-state index in [4.69, 9.17) is 4.74 Å². The summed E-state index contributed by atoms with van der Waals surface area (Å²) in [5.41, 5.74) is 1.26. The van der Waals surface area contributed by atoms with Gasteiger partial charge in [0.25, 0.3) is 0 Å². The molecule has 0 aliphatic carbocycles. The number of hydrogen-bond donors (Lipinski definition) is 0. The van der Waals surface area contributed by atoms with E-state index in [1.807, 2.05) is 36.1 Å². The van der Waals surface area contributed by atoms with Crippen molar-refractivity contribution in [2.24, 2.45) is 0 Å². The Labute approximate surface area is 158 Å². The van der Waals surface area contributed by atoms with Crippen LogP contribution < -0.4 is 0 Å². The van der Waals surface area contributed by atoms with Crippen LogP contribution in [0.4, 0.5) is 0 Å². The van der Waals surface area contributed by atoms with Gasteiger partial charge in [0, 0.05) is 23.8 Å². The van der Waals surface area contributed by atoms with Crippen LogP contribution in [0.2, 0.25) is 0 Å². The number of amides is 1. The van der Waals surface area contributed by atoms with E-state index in [9.17, 15) is 4.79 Å². The van der Waals surface area contributed by atoms with Crippen molar-refractivity contribution in [1.29, 1.82) is 0 Å². The summed E-state index contributed by atoms with van der Waals surface area (Å²) in [6.07, 6.45) is 2.35. The Morgan fingerprint density at radius 2 is 2.16 bits per heavy atom. The molecule has 134 valence electrons. The van der Waals surface area contributed by atoms with E-state index in [0.717, 1.165) is 25.2 Å². The minimum absolute atomic E-state index is 0.0541. The highest BCUT2D eigenvalue weighted by Crippen LogP contribution is 2.23. The average Bonchev–Trinajstić information content (AvgIpc) is 3.33. The van der Waals surface area contributed by atoms with Gasteiger partial charge in [0.05, 0.1) is 17.9 Å². The first kappa shape index (κ1) is 18.5. The highest BCUT2D eigenvalue weighted by molar-refractivity contribution is 7.99. The number of benzene rings is 1. The fourth-order valence-corrected chi connectivity index (χ4v) is 4.63. The molecule has 2 atom stereocenters. The lowest BCUT2D eigenvalue weighted by molar-refractivity contribution is -0.132. The molecule has 1 aliphatic heterocycles. The van der Waals surface area contributed by atoms with Crippen LogP contribution in [-0.4, -0.2) is 35.3 Å². The molecule has 2 heterocycles. The molecule has 0 radical (unpaired) electrons. The molecule has 0 N–H and O–H groups in total. The fraction of sp³-hybridized carbons (Fsp3) is 0.450. The van der Waals surface area contributed by atoms with Gasteiger partial charge in [0.15, 0.2) is 0 Å². The number of carbonyl (C=O) groups excluding carboxylic acids is 1. The molecule has 1 saturated heterocycles. The van der Waals surface area contributed by atoms with Crippen LogP contribution in [0.1, 0.15) is 30.2 Å². The average molecular weight is 376 g/mol. The summed E-state index contributed by atoms with van der Waals surface area (Å²) in [7, 11) is 0. The summed E-state index contributed by atoms with van der Waals surface area (Å²) in [5.74, 6) is 1.07. The second-order valence-corrected chi connectivity index (χ2v) is 8.73. The molecule has 25 heavy (non-hydrogen) atoms. The van der Waals surface area contributed by atoms with Crippen LogP contribution in [0.15, 0.2) is 47.8 Å². The summed E-state index contributed by atoms with van der Waals surface area (Å²) < 4.78 is 5.76. The van der Waals surface area contributed by atoms with Gasteiger partial charge < -0.3 is 9.64 Å². The number of hydrogen-bond acceptors (Lipinski definition) is 4. The maximum absolute atomic E-state index is 13.0. The van der Waals surface area contributed by atoms with E-state index in [-0.39, 0.29) is 17.3 Å². The van der Waals surface area contributed by atoms with Crippen LogP contribution in [0, 0.1) is 0 Å². The molecule has 1 aromatic heterocycles. The Morgan fingerprint density at radius 3 is 2.84 bits per heavy atom. The van der Waals surface area contributed by atoms with Gasteiger partial charge in [0.1, 0.15) is 0 Å². The predicted molar refractivity (Wildman–Crippen MR) is 106 cm³/mol. The molecule has 5 heteroatoms. The molecule has 1 amide bonds. The Hall–Kier alpha value is -1.30. The van der Waals surface area contributed by atoms with Crippen LogP contribution >= 0.6 is 23.1 Å². The van der Waals surface area contributed by atoms with E-state index >= 15 is 0 Å². The van der Waals surface area contributed by atoms with Gasteiger partial charge in [-0.1, -0.05) is 36.4 Å². The van der Waals surface area contributed by atoms with Gasteiger partial charge >= 0.3 is 0 Å². The normalized spacial score (nSPS) is 18.2. The van der Waals surface area contributed by atoms with Crippen molar-refractivity contribution in [3.05, 3.63) is 58.3 Å². The van der Waals surface area contributed by atoms with E-state index in [2.05, 4.69) is 23.6 Å². The third-order valence-corrected chi connectivity index (χ3v) is 6.44. The highest BCUT2D eigenvalue weighted by Gasteiger charge is 2.26. The van der Waals surface area contributed by atoms with Crippen molar-refractivity contribution in [2.45, 2.75) is 43.4 Å². The second-order valence-electron chi connectivity index (χ2n) is 6.37. The molecule has 0 spiro atoms. The van der Waals surface area contributed by atoms with Crippen molar-refractivity contribution in [2.75, 3.05) is 13.2 Å². The zero-order valence-electron chi connectivity index (χ0n) is 14.6. The minimum Gasteiger partial charge on any atom is -0.376 e. The maximum Gasteiger partial charge on any atom is 0.235 e. The Balaban J connectivity index is 1.60. The lowest BCUT2D eigenvalue weighted by atomic mass is 10.2. The number of ether oxygens (including phenoxy) is 1. The largest absolute Gasteiger partial charge is 0.376 e. The summed E-state index contributed by atoms with van der Waals surface area (Å²) >= 11 is 3.41. The van der Waals surface area contributed by atoms with Crippen molar-refractivity contribution >= 4 is 29.0 Å². The third-order valence-electron chi connectivity index (χ3n) is 4.38. The number of nitrogens with zero attached hydrogens (tertiary/aromatic N) is 1. The summed E-state index contributed by atoms with van der Waals surface area (Å²) in [5, 5.41) is 2.01. The maximum atomic E-state index is 13.0. The summed E-state index contributed by atoms with van der Waals surface area (Å²) in [6, 6.07) is 14.5. The summed E-state index contributed by atoms with van der Waals surface area (Å²) in [4.78, 5) is 16.3. The van der Waals surface area contributed by atoms with Crippen molar-refractivity contribution in [3.8, 4) is 0 Å². The smallest absolute Gasteiger partial charge is 0.235 e. The molecule has 1 fully saturated rings. The van der Waals surface area contributed by atoms with Gasteiger partial charge in [-0.15, -0.1) is 23.1 Å². The molecule has 2 aromatic rings. The Kier molecular flexibility index (Phi) is 6.96. The topological polar surface area (TPSA) is 29.5 Å². The number of thiophene rings is 1. The minimum atomic E-state index is -0.0541. The highest BCUT2D eigenvalue weighted by atomic mass is 32.2. The number of thioether (sulfide) groups is 1. The molecule has 0 bridgehead atoms. The van der Waals surface area contributed by atoms with E-state index in [0.29, 0.717) is 13.1 Å². The van der Waals surface area contributed by atoms with E-state index in [1.54, 1.807) is 23.1 Å². The van der Waals surface area contributed by atoms with Gasteiger partial charge in [0.2, 0.25) is 5.91 Å². The second kappa shape index (κ2) is 9.41. The van der Waals surface area contributed by atoms with Crippen molar-refractivity contribution in [1.82, 2.24) is 4.90 Å². The monoisotopic (exact) mass is 375 g/mol. The molecule has 1 aromatic carbocycles. The van der Waals surface area contributed by atoms with Crippen LogP contribution in [0.25, 0.3) is 0 Å². The number of rotatable bonds is 8. The molecule has 3 rings (SSSR count). The fourth-order valence-electron chi connectivity index (χ4n) is 2.98. The first-order valence-electron chi connectivity index (χ1n) is 8.80. The van der Waals surface area contributed by atoms with Gasteiger partial charge in [-0.2, -0.15) is 0 Å². The van der Waals surface area contributed by atoms with Gasteiger partial charge in [-0.05, 0) is 36.8 Å². The predicted octanol–water partition coefficient (Wildman–Crippen LogP) is 4.58. The molecule has 0 saturated carbocycles. The molecule has 1 aliphatic rings. The SMILES string of the molecule is CC(SCc1ccccc1)C(=O)N(Cc1cccs1)CC1CCCO1. The third kappa shape index (κ3) is 5.59. The van der Waals surface area contributed by atoms with Crippen molar-refractivity contribution < 1.29 is 9.53 Å². The Bertz CT molecular complexity index is 639. The van der Waals surface area contributed by atoms with Crippen LogP contribution in [0.5, 0.6) is 0 Å². The zero-order valence-corrected chi connectivity index (χ0v) is 16.2. The Morgan fingerprint density at radius 1 is 1.32 bits per heavy atom. The lowest BCUT2D eigenvalue weighted by Gasteiger charge is -2.27. The van der Waals surface area contributed by atoms with Gasteiger partial charge in [-0.3, -0.25) is 4.79 Å². The first-order chi connectivity index (χ1) is 12.2. The first-order valence-corrected chi connectivity index (χ1v) is 10.7. The number of carbonyl (C=O) groups is 1. The van der Waals surface area contributed by atoms with E-state index < -0.39 is 0 Å². The standard InChI is InChI=1S/C20H25NO2S2/c1-16(25-15-17-7-3-2-4-8-17)20(22)21(13-18-9-5-11-23-18)14-19-10-6-12-24-19/h2-4,6-8,10,12,16,18H,5,9,11,13-15H2,1H3. The molecule has 3 nitrogen and oxygen atoms in total. The van der Waals surface area contributed by atoms with Crippen LogP contribution in [-0.2, 0) is 21.8 Å². The van der Waals surface area contributed by atoms with Crippen LogP contribution in [0.3, 0.4) is 0 Å².